The quantitative estimate of drug-likeness (QED) is 0.633. The van der Waals surface area contributed by atoms with Crippen molar-refractivity contribution in [3.8, 4) is 11.9 Å². The van der Waals surface area contributed by atoms with Gasteiger partial charge in [-0.2, -0.15) is 23.5 Å². The topological polar surface area (TPSA) is 88.6 Å². The number of nitriles is 1. The molecule has 144 valence electrons. The van der Waals surface area contributed by atoms with Crippen LogP contribution in [0.4, 0.5) is 13.2 Å². The van der Waals surface area contributed by atoms with Crippen LogP contribution in [0.5, 0.6) is 0 Å². The highest BCUT2D eigenvalue weighted by atomic mass is 35.5. The van der Waals surface area contributed by atoms with Crippen molar-refractivity contribution in [3.05, 3.63) is 70.6 Å². The fraction of sp³-hybridized carbons (Fsp3) is 0.118. The Labute approximate surface area is 162 Å². The van der Waals surface area contributed by atoms with Crippen LogP contribution in [0.1, 0.15) is 16.8 Å². The minimum atomic E-state index is -4.56. The summed E-state index contributed by atoms with van der Waals surface area (Å²) in [4.78, 5) is 3.68. The van der Waals surface area contributed by atoms with Gasteiger partial charge in [-0.05, 0) is 36.4 Å². The SMILES string of the molecule is N#Cc1cnn(-c2ccc(C(F)(F)F)cn2)c1CS(=O)(=O)c1ccc(Cl)cc1. The van der Waals surface area contributed by atoms with Gasteiger partial charge in [0.05, 0.1) is 33.7 Å². The molecule has 0 aliphatic heterocycles. The van der Waals surface area contributed by atoms with Gasteiger partial charge in [-0.15, -0.1) is 0 Å². The van der Waals surface area contributed by atoms with E-state index < -0.39 is 27.3 Å². The first-order chi connectivity index (χ1) is 13.1. The van der Waals surface area contributed by atoms with Crippen molar-refractivity contribution >= 4 is 21.4 Å². The minimum absolute atomic E-state index is 0.00953. The molecular weight excluding hydrogens is 417 g/mol. The molecule has 3 aromatic rings. The fourth-order valence-corrected chi connectivity index (χ4v) is 3.87. The highest BCUT2D eigenvalue weighted by molar-refractivity contribution is 7.90. The van der Waals surface area contributed by atoms with Crippen LogP contribution < -0.4 is 0 Å². The van der Waals surface area contributed by atoms with Gasteiger partial charge < -0.3 is 0 Å². The molecule has 0 spiro atoms. The van der Waals surface area contributed by atoms with Crippen LogP contribution in [-0.4, -0.2) is 23.2 Å². The summed E-state index contributed by atoms with van der Waals surface area (Å²) in [7, 11) is -3.87. The predicted octanol–water partition coefficient (Wildman–Crippen LogP) is 3.79. The van der Waals surface area contributed by atoms with Crippen molar-refractivity contribution in [2.45, 2.75) is 16.8 Å². The number of halogens is 4. The molecule has 0 aliphatic rings. The van der Waals surface area contributed by atoms with Crippen LogP contribution in [0.25, 0.3) is 5.82 Å². The van der Waals surface area contributed by atoms with Gasteiger partial charge in [0.2, 0.25) is 0 Å². The number of rotatable bonds is 4. The molecule has 0 saturated carbocycles. The Bertz CT molecular complexity index is 1150. The van der Waals surface area contributed by atoms with Crippen LogP contribution in [-0.2, 0) is 21.8 Å². The van der Waals surface area contributed by atoms with Gasteiger partial charge >= 0.3 is 6.18 Å². The lowest BCUT2D eigenvalue weighted by Crippen LogP contribution is -2.13. The van der Waals surface area contributed by atoms with E-state index in [4.69, 9.17) is 11.6 Å². The number of hydrogen-bond acceptors (Lipinski definition) is 5. The number of benzene rings is 1. The maximum atomic E-state index is 12.7. The second-order valence-electron chi connectivity index (χ2n) is 5.64. The zero-order valence-electron chi connectivity index (χ0n) is 13.9. The summed E-state index contributed by atoms with van der Waals surface area (Å²) in [5, 5.41) is 13.5. The zero-order valence-corrected chi connectivity index (χ0v) is 15.4. The molecular formula is C17H10ClF3N4O2S. The largest absolute Gasteiger partial charge is 0.417 e. The summed E-state index contributed by atoms with van der Waals surface area (Å²) in [6.07, 6.45) is -2.82. The van der Waals surface area contributed by atoms with Crippen LogP contribution in [0.15, 0.2) is 53.7 Å². The van der Waals surface area contributed by atoms with Gasteiger partial charge in [-0.25, -0.2) is 18.1 Å². The van der Waals surface area contributed by atoms with Crippen molar-refractivity contribution < 1.29 is 21.6 Å². The van der Waals surface area contributed by atoms with E-state index in [0.29, 0.717) is 11.2 Å². The standard InChI is InChI=1S/C17H10ClF3N4O2S/c18-13-2-4-14(5-3-13)28(26,27)10-15-11(7-22)8-24-25(15)16-6-1-12(9-23-16)17(19,20)21/h1-6,8-9H,10H2. The highest BCUT2D eigenvalue weighted by Gasteiger charge is 2.31. The first kappa shape index (κ1) is 19.9. The molecule has 0 bridgehead atoms. The van der Waals surface area contributed by atoms with E-state index in [-0.39, 0.29) is 22.0 Å². The van der Waals surface area contributed by atoms with Gasteiger partial charge in [-0.1, -0.05) is 11.6 Å². The maximum absolute atomic E-state index is 12.7. The number of nitrogens with zero attached hydrogens (tertiary/aromatic N) is 4. The van der Waals surface area contributed by atoms with Crippen LogP contribution in [0.3, 0.4) is 0 Å². The Balaban J connectivity index is 2.02. The minimum Gasteiger partial charge on any atom is -0.236 e. The lowest BCUT2D eigenvalue weighted by atomic mass is 10.2. The van der Waals surface area contributed by atoms with Gasteiger partial charge in [-0.3, -0.25) is 0 Å². The monoisotopic (exact) mass is 426 g/mol. The predicted molar refractivity (Wildman–Crippen MR) is 93.4 cm³/mol. The van der Waals surface area contributed by atoms with E-state index in [1.165, 1.54) is 24.3 Å². The molecule has 2 heterocycles. The average molecular weight is 427 g/mol. The zero-order chi connectivity index (χ0) is 20.5. The molecule has 0 atom stereocenters. The van der Waals surface area contributed by atoms with Crippen molar-refractivity contribution in [2.24, 2.45) is 0 Å². The van der Waals surface area contributed by atoms with Gasteiger partial charge in [0.15, 0.2) is 15.7 Å². The third kappa shape index (κ3) is 4.00. The van der Waals surface area contributed by atoms with Gasteiger partial charge in [0, 0.05) is 11.2 Å². The molecule has 3 rings (SSSR count). The molecule has 11 heteroatoms. The average Bonchev–Trinajstić information content (AvgIpc) is 3.03. The fourth-order valence-electron chi connectivity index (χ4n) is 2.39. The third-order valence-electron chi connectivity index (χ3n) is 3.78. The van der Waals surface area contributed by atoms with E-state index in [1.54, 1.807) is 0 Å². The number of alkyl halides is 3. The van der Waals surface area contributed by atoms with E-state index in [2.05, 4.69) is 10.1 Å². The summed E-state index contributed by atoms with van der Waals surface area (Å²) < 4.78 is 64.5. The summed E-state index contributed by atoms with van der Waals surface area (Å²) in [6, 6.07) is 9.14. The van der Waals surface area contributed by atoms with E-state index in [1.807, 2.05) is 6.07 Å². The van der Waals surface area contributed by atoms with Crippen LogP contribution in [0, 0.1) is 11.3 Å². The summed E-state index contributed by atoms with van der Waals surface area (Å²) in [5.41, 5.74) is -0.997. The second-order valence-corrected chi connectivity index (χ2v) is 8.07. The molecule has 0 radical (unpaired) electrons. The number of pyridine rings is 1. The number of aromatic nitrogens is 3. The highest BCUT2D eigenvalue weighted by Crippen LogP contribution is 2.29. The number of hydrogen-bond donors (Lipinski definition) is 0. The van der Waals surface area contributed by atoms with Crippen molar-refractivity contribution in [3.63, 3.8) is 0 Å². The Morgan fingerprint density at radius 3 is 2.32 bits per heavy atom. The van der Waals surface area contributed by atoms with Crippen molar-refractivity contribution in [1.82, 2.24) is 14.8 Å². The van der Waals surface area contributed by atoms with Gasteiger partial charge in [0.25, 0.3) is 0 Å². The Morgan fingerprint density at radius 1 is 1.11 bits per heavy atom. The van der Waals surface area contributed by atoms with E-state index >= 15 is 0 Å². The summed E-state index contributed by atoms with van der Waals surface area (Å²) >= 11 is 5.76. The first-order valence-electron chi connectivity index (χ1n) is 7.61. The van der Waals surface area contributed by atoms with E-state index in [9.17, 15) is 26.9 Å². The third-order valence-corrected chi connectivity index (χ3v) is 5.68. The number of sulfone groups is 1. The molecule has 2 aromatic heterocycles. The lowest BCUT2D eigenvalue weighted by Gasteiger charge is -2.10. The molecule has 6 nitrogen and oxygen atoms in total. The first-order valence-corrected chi connectivity index (χ1v) is 9.64. The normalized spacial score (nSPS) is 12.0. The van der Waals surface area contributed by atoms with Crippen LogP contribution in [0.2, 0.25) is 5.02 Å². The lowest BCUT2D eigenvalue weighted by molar-refractivity contribution is -0.137. The molecule has 0 fully saturated rings. The second kappa shape index (κ2) is 7.26. The Hall–Kier alpha value is -2.90. The Kier molecular flexibility index (Phi) is 5.14. The molecule has 0 saturated heterocycles. The van der Waals surface area contributed by atoms with Crippen molar-refractivity contribution in [1.29, 1.82) is 5.26 Å². The molecule has 28 heavy (non-hydrogen) atoms. The van der Waals surface area contributed by atoms with Gasteiger partial charge in [0.1, 0.15) is 6.07 Å². The molecule has 1 aromatic carbocycles. The molecule has 0 N–H and O–H groups in total. The van der Waals surface area contributed by atoms with Crippen molar-refractivity contribution in [2.75, 3.05) is 0 Å². The summed E-state index contributed by atoms with van der Waals surface area (Å²) in [6.45, 7) is 0. The molecule has 0 amide bonds. The van der Waals surface area contributed by atoms with E-state index in [0.717, 1.165) is 23.0 Å². The van der Waals surface area contributed by atoms with Crippen LogP contribution >= 0.6 is 11.6 Å². The smallest absolute Gasteiger partial charge is 0.236 e. The summed E-state index contributed by atoms with van der Waals surface area (Å²) in [5.74, 6) is -0.643. The maximum Gasteiger partial charge on any atom is 0.417 e. The molecule has 0 unspecified atom stereocenters. The Morgan fingerprint density at radius 2 is 1.79 bits per heavy atom. The molecule has 0 aliphatic carbocycles.